The first-order chi connectivity index (χ1) is 8.52. The molecule has 0 spiro atoms. The maximum atomic E-state index is 9.32. The summed E-state index contributed by atoms with van der Waals surface area (Å²) < 4.78 is 52.4. The minimum absolute atomic E-state index is 1.13. The highest BCUT2D eigenvalue weighted by Gasteiger charge is 1.92. The van der Waals surface area contributed by atoms with E-state index >= 15 is 0 Å². The van der Waals surface area contributed by atoms with Gasteiger partial charge in [0.2, 0.25) is 0 Å². The molecule has 19 heavy (non-hydrogen) atoms. The molecule has 0 saturated heterocycles. The van der Waals surface area contributed by atoms with Crippen LogP contribution in [-0.4, -0.2) is 25.9 Å². The van der Waals surface area contributed by atoms with Gasteiger partial charge < -0.3 is 0 Å². The van der Waals surface area contributed by atoms with E-state index in [4.69, 9.17) is 9.11 Å². The van der Waals surface area contributed by atoms with E-state index in [1.165, 1.54) is 5.56 Å². The molecule has 112 valence electrons. The smallest absolute Gasteiger partial charge is 0.273 e. The van der Waals surface area contributed by atoms with Gasteiger partial charge >= 0.3 is 20.6 Å². The van der Waals surface area contributed by atoms with Gasteiger partial charge in [0.25, 0.3) is 0 Å². The summed E-state index contributed by atoms with van der Waals surface area (Å²) in [5.74, 6) is 8.44. The summed E-state index contributed by atoms with van der Waals surface area (Å²) >= 11 is 0. The molecule has 0 aliphatic heterocycles. The molecule has 0 radical (unpaired) electrons. The minimum Gasteiger partial charge on any atom is -0.273 e. The van der Waals surface area contributed by atoms with Crippen LogP contribution in [0, 0.1) is 6.92 Å². The van der Waals surface area contributed by atoms with Gasteiger partial charge in [0, 0.05) is 0 Å². The summed E-state index contributed by atoms with van der Waals surface area (Å²) in [6.45, 7) is 2.08. The molecule has 12 heteroatoms. The van der Waals surface area contributed by atoms with Crippen molar-refractivity contribution in [1.82, 2.24) is 9.66 Å². The fraction of sp³-hybridized carbons (Fsp3) is 0.143. The number of nitrogens with one attached hydrogen (secondary N) is 2. The van der Waals surface area contributed by atoms with E-state index in [0.29, 0.717) is 0 Å². The Bertz CT molecular complexity index is 498. The Morgan fingerprint density at radius 1 is 0.895 bits per heavy atom. The fourth-order valence-corrected chi connectivity index (χ4v) is 0.534. The molecule has 0 atom stereocenters. The van der Waals surface area contributed by atoms with Crippen LogP contribution in [0.2, 0.25) is 0 Å². The molecule has 1 rings (SSSR count). The van der Waals surface area contributed by atoms with Gasteiger partial charge in [0.15, 0.2) is 0 Å². The zero-order valence-electron chi connectivity index (χ0n) is 9.89. The highest BCUT2D eigenvalue weighted by Crippen LogP contribution is 1.92. The maximum Gasteiger partial charge on any atom is 0.346 e. The molecular weight excluding hydrogens is 300 g/mol. The average molecular weight is 316 g/mol. The summed E-state index contributed by atoms with van der Waals surface area (Å²) in [4.78, 5) is 2.26. The molecule has 0 amide bonds. The monoisotopic (exact) mass is 316 g/mol. The third kappa shape index (κ3) is 22.5. The molecule has 0 aromatic heterocycles. The molecule has 1 aromatic rings. The van der Waals surface area contributed by atoms with Crippen LogP contribution >= 0.6 is 0 Å². The van der Waals surface area contributed by atoms with Gasteiger partial charge in [0.05, 0.1) is 0 Å². The first kappa shape index (κ1) is 20.2. The van der Waals surface area contributed by atoms with Gasteiger partial charge in [-0.15, -0.1) is 9.66 Å². The van der Waals surface area contributed by atoms with Gasteiger partial charge in [-0.05, 0) is 6.92 Å². The topological polar surface area (TPSA) is 185 Å². The van der Waals surface area contributed by atoms with Crippen molar-refractivity contribution in [2.75, 3.05) is 0 Å². The highest BCUT2D eigenvalue weighted by molar-refractivity contribution is 7.83. The van der Waals surface area contributed by atoms with Crippen LogP contribution in [0.3, 0.4) is 0 Å². The van der Waals surface area contributed by atoms with Gasteiger partial charge in [-0.3, -0.25) is 20.8 Å². The van der Waals surface area contributed by atoms with Crippen LogP contribution in [-0.2, 0) is 20.6 Å². The van der Waals surface area contributed by atoms with Crippen LogP contribution in [0.4, 0.5) is 0 Å². The summed E-state index contributed by atoms with van der Waals surface area (Å²) in [6.07, 6.45) is 0. The molecule has 0 bridgehead atoms. The maximum absolute atomic E-state index is 9.32. The molecule has 10 nitrogen and oxygen atoms in total. The number of hydrazine groups is 2. The predicted molar refractivity (Wildman–Crippen MR) is 68.9 cm³/mol. The van der Waals surface area contributed by atoms with Crippen molar-refractivity contribution < 1.29 is 25.9 Å². The molecule has 0 unspecified atom stereocenters. The van der Waals surface area contributed by atoms with E-state index in [2.05, 4.69) is 30.7 Å². The van der Waals surface area contributed by atoms with Gasteiger partial charge in [-0.1, -0.05) is 35.9 Å². The van der Waals surface area contributed by atoms with Crippen molar-refractivity contribution in [2.24, 2.45) is 11.7 Å². The van der Waals surface area contributed by atoms with E-state index in [0.717, 1.165) is 9.66 Å². The summed E-state index contributed by atoms with van der Waals surface area (Å²) in [7, 11) is -8.27. The number of aryl methyl sites for hydroxylation is 1. The number of hydrogen-bond acceptors (Lipinski definition) is 6. The lowest BCUT2D eigenvalue weighted by atomic mass is 10.2. The van der Waals surface area contributed by atoms with Crippen LogP contribution in [0.1, 0.15) is 5.56 Å². The standard InChI is InChI=1S/C7H8.2H4N2O3S/c1-7-5-3-2-4-6-7;2*1-2-6(3,4)5/h2-6H,1H3;2*2H,1H2,(H,3,4,5). The lowest BCUT2D eigenvalue weighted by molar-refractivity contribution is 0.467. The van der Waals surface area contributed by atoms with Crippen molar-refractivity contribution >= 4 is 20.6 Å². The lowest BCUT2D eigenvalue weighted by Crippen LogP contribution is -2.29. The summed E-state index contributed by atoms with van der Waals surface area (Å²) in [5, 5.41) is 0. The highest BCUT2D eigenvalue weighted by atomic mass is 32.2. The Balaban J connectivity index is 0. The molecule has 0 aliphatic carbocycles. The average Bonchev–Trinajstić information content (AvgIpc) is 2.30. The molecule has 1 aromatic carbocycles. The zero-order valence-corrected chi connectivity index (χ0v) is 11.5. The second kappa shape index (κ2) is 9.76. The number of nitrogens with two attached hydrogens (primary N) is 2. The first-order valence-corrected chi connectivity index (χ1v) is 7.31. The summed E-state index contributed by atoms with van der Waals surface area (Å²) in [6, 6.07) is 10.3. The molecule has 0 saturated carbocycles. The van der Waals surface area contributed by atoms with E-state index in [9.17, 15) is 16.8 Å². The van der Waals surface area contributed by atoms with Crippen molar-refractivity contribution in [2.45, 2.75) is 6.92 Å². The summed E-state index contributed by atoms with van der Waals surface area (Å²) in [5.41, 5.74) is 1.32. The minimum atomic E-state index is -4.13. The quantitative estimate of drug-likeness (QED) is 0.216. The molecule has 0 aliphatic rings. The Kier molecular flexibility index (Phi) is 10.4. The number of hydrogen-bond donors (Lipinski definition) is 6. The van der Waals surface area contributed by atoms with Gasteiger partial charge in [0.1, 0.15) is 0 Å². The van der Waals surface area contributed by atoms with Crippen LogP contribution < -0.4 is 21.3 Å². The predicted octanol–water partition coefficient (Wildman–Crippen LogP) is -1.50. The molecule has 0 fully saturated rings. The van der Waals surface area contributed by atoms with E-state index in [-0.39, 0.29) is 0 Å². The SMILES string of the molecule is Cc1ccccc1.NNS(=O)(=O)O.NNS(=O)(=O)O. The Labute approximate surface area is 111 Å². The van der Waals surface area contributed by atoms with Crippen molar-refractivity contribution in [1.29, 1.82) is 0 Å². The zero-order chi connectivity index (χ0) is 15.5. The first-order valence-electron chi connectivity index (χ1n) is 4.43. The van der Waals surface area contributed by atoms with Gasteiger partial charge in [-0.25, -0.2) is 0 Å². The molecule has 0 heterocycles. The molecule has 8 N–H and O–H groups in total. The fourth-order valence-electron chi connectivity index (χ4n) is 0.534. The van der Waals surface area contributed by atoms with Gasteiger partial charge in [-0.2, -0.15) is 16.8 Å². The van der Waals surface area contributed by atoms with E-state index in [1.807, 2.05) is 18.2 Å². The van der Waals surface area contributed by atoms with Crippen molar-refractivity contribution in [3.63, 3.8) is 0 Å². The van der Waals surface area contributed by atoms with E-state index in [1.54, 1.807) is 0 Å². The molecular formula is C7H16N4O6S2. The Hall–Kier alpha value is -1.12. The van der Waals surface area contributed by atoms with Crippen LogP contribution in [0.15, 0.2) is 30.3 Å². The second-order valence-electron chi connectivity index (χ2n) is 2.84. The second-order valence-corrected chi connectivity index (χ2v) is 5.21. The number of rotatable bonds is 2. The largest absolute Gasteiger partial charge is 0.346 e. The van der Waals surface area contributed by atoms with Crippen molar-refractivity contribution in [3.8, 4) is 0 Å². The van der Waals surface area contributed by atoms with Crippen LogP contribution in [0.5, 0.6) is 0 Å². The van der Waals surface area contributed by atoms with E-state index < -0.39 is 20.6 Å². The normalized spacial score (nSPS) is 10.6. The Morgan fingerprint density at radius 2 is 1.16 bits per heavy atom. The van der Waals surface area contributed by atoms with Crippen LogP contribution in [0.25, 0.3) is 0 Å². The number of benzene rings is 1. The third-order valence-corrected chi connectivity index (χ3v) is 1.83. The third-order valence-electron chi connectivity index (χ3n) is 1.24. The van der Waals surface area contributed by atoms with Crippen molar-refractivity contribution in [3.05, 3.63) is 35.9 Å². The Morgan fingerprint density at radius 3 is 1.26 bits per heavy atom. The lowest BCUT2D eigenvalue weighted by Gasteiger charge is -1.83.